The summed E-state index contributed by atoms with van der Waals surface area (Å²) < 4.78 is 11.1. The first-order valence-electron chi connectivity index (χ1n) is 10.6. The molecule has 1 aliphatic heterocycles. The predicted octanol–water partition coefficient (Wildman–Crippen LogP) is 4.01. The number of hydrogen-bond acceptors (Lipinski definition) is 6. The van der Waals surface area contributed by atoms with Crippen molar-refractivity contribution < 1.29 is 19.1 Å². The molecule has 2 N–H and O–H groups in total. The second kappa shape index (κ2) is 8.86. The molecule has 1 atom stereocenters. The molecule has 1 amide bonds. The molecule has 2 heterocycles. The van der Waals surface area contributed by atoms with Crippen molar-refractivity contribution in [3.05, 3.63) is 70.2 Å². The van der Waals surface area contributed by atoms with Crippen molar-refractivity contribution in [2.75, 3.05) is 19.5 Å². The maximum Gasteiger partial charge on any atom is 0.255 e. The highest BCUT2D eigenvalue weighted by Gasteiger charge is 2.40. The molecular weight excluding hydrogens is 406 g/mol. The Kier molecular flexibility index (Phi) is 5.99. The number of methoxy groups -OCH3 is 2. The molecule has 166 valence electrons. The van der Waals surface area contributed by atoms with Gasteiger partial charge in [-0.2, -0.15) is 0 Å². The van der Waals surface area contributed by atoms with Crippen LogP contribution in [0, 0.1) is 6.92 Å². The van der Waals surface area contributed by atoms with E-state index in [-0.39, 0.29) is 11.7 Å². The first-order chi connectivity index (χ1) is 15.4. The van der Waals surface area contributed by atoms with E-state index in [1.807, 2.05) is 32.0 Å². The van der Waals surface area contributed by atoms with E-state index in [4.69, 9.17) is 9.47 Å². The molecule has 0 spiro atoms. The summed E-state index contributed by atoms with van der Waals surface area (Å²) in [5.74, 6) is 0.834. The van der Waals surface area contributed by atoms with Gasteiger partial charge in [-0.05, 0) is 62.6 Å². The number of Topliss-reactive ketones (excluding diaryl/α,β-unsaturated/α-hetero) is 1. The van der Waals surface area contributed by atoms with Crippen molar-refractivity contribution in [3.63, 3.8) is 0 Å². The SMILES string of the molecule is COc1ccc(OC)c(C2C(C(=O)Nc3cc(C)ccn3)=C(C)NC3=C2C(=O)CCC3)c1. The van der Waals surface area contributed by atoms with Gasteiger partial charge in [-0.3, -0.25) is 9.59 Å². The molecule has 1 unspecified atom stereocenters. The number of carbonyl (C=O) groups is 2. The number of anilines is 1. The van der Waals surface area contributed by atoms with Gasteiger partial charge in [0.1, 0.15) is 17.3 Å². The monoisotopic (exact) mass is 433 g/mol. The number of dihydropyridines is 1. The topological polar surface area (TPSA) is 89.6 Å². The van der Waals surface area contributed by atoms with Crippen LogP contribution in [0.15, 0.2) is 59.1 Å². The average molecular weight is 434 g/mol. The number of aromatic nitrogens is 1. The number of amides is 1. The number of rotatable bonds is 5. The quantitative estimate of drug-likeness (QED) is 0.741. The van der Waals surface area contributed by atoms with Gasteiger partial charge in [0.15, 0.2) is 5.78 Å². The number of allylic oxidation sites excluding steroid dienone is 3. The second-order valence-corrected chi connectivity index (χ2v) is 8.05. The Balaban J connectivity index is 1.86. The normalized spacial score (nSPS) is 18.1. The molecule has 1 aliphatic carbocycles. The van der Waals surface area contributed by atoms with Crippen LogP contribution in [0.25, 0.3) is 0 Å². The molecule has 7 nitrogen and oxygen atoms in total. The Morgan fingerprint density at radius 3 is 2.66 bits per heavy atom. The minimum absolute atomic E-state index is 0.0418. The Morgan fingerprint density at radius 2 is 1.94 bits per heavy atom. The standard InChI is InChI=1S/C25H27N3O4/c1-14-10-11-26-21(12-14)28-25(30)22-15(2)27-18-6-5-7-19(29)24(18)23(22)17-13-16(31-3)8-9-20(17)32-4/h8-13,23,27H,5-7H2,1-4H3,(H,26,28,30). The number of benzene rings is 1. The highest BCUT2D eigenvalue weighted by atomic mass is 16.5. The lowest BCUT2D eigenvalue weighted by atomic mass is 9.74. The summed E-state index contributed by atoms with van der Waals surface area (Å²) in [6.45, 7) is 3.80. The Bertz CT molecular complexity index is 1150. The molecule has 0 saturated heterocycles. The number of carbonyl (C=O) groups excluding carboxylic acids is 2. The second-order valence-electron chi connectivity index (χ2n) is 8.05. The van der Waals surface area contributed by atoms with Crippen LogP contribution in [-0.4, -0.2) is 30.9 Å². The minimum atomic E-state index is -0.575. The fourth-order valence-electron chi connectivity index (χ4n) is 4.45. The third kappa shape index (κ3) is 3.98. The number of pyridine rings is 1. The molecule has 2 aromatic rings. The molecule has 0 saturated carbocycles. The zero-order chi connectivity index (χ0) is 22.8. The molecule has 0 bridgehead atoms. The predicted molar refractivity (Wildman–Crippen MR) is 122 cm³/mol. The van der Waals surface area contributed by atoms with E-state index in [9.17, 15) is 9.59 Å². The van der Waals surface area contributed by atoms with Gasteiger partial charge in [-0.1, -0.05) is 0 Å². The van der Waals surface area contributed by atoms with Crippen molar-refractivity contribution in [3.8, 4) is 11.5 Å². The maximum absolute atomic E-state index is 13.6. The first-order valence-corrected chi connectivity index (χ1v) is 10.6. The lowest BCUT2D eigenvalue weighted by Crippen LogP contribution is -2.35. The van der Waals surface area contributed by atoms with Crippen LogP contribution in [0.5, 0.6) is 11.5 Å². The summed E-state index contributed by atoms with van der Waals surface area (Å²) in [5, 5.41) is 6.23. The summed E-state index contributed by atoms with van der Waals surface area (Å²) >= 11 is 0. The zero-order valence-corrected chi connectivity index (χ0v) is 18.7. The third-order valence-corrected chi connectivity index (χ3v) is 5.93. The van der Waals surface area contributed by atoms with E-state index < -0.39 is 5.92 Å². The Hall–Kier alpha value is -3.61. The van der Waals surface area contributed by atoms with Crippen molar-refractivity contribution >= 4 is 17.5 Å². The van der Waals surface area contributed by atoms with E-state index in [0.717, 1.165) is 29.7 Å². The van der Waals surface area contributed by atoms with Crippen LogP contribution in [0.4, 0.5) is 5.82 Å². The maximum atomic E-state index is 13.6. The summed E-state index contributed by atoms with van der Waals surface area (Å²) in [4.78, 5) is 30.9. The molecule has 1 aromatic carbocycles. The number of ketones is 1. The number of hydrogen-bond donors (Lipinski definition) is 2. The number of nitrogens with one attached hydrogen (secondary N) is 2. The number of aryl methyl sites for hydroxylation is 1. The van der Waals surface area contributed by atoms with Crippen LogP contribution in [-0.2, 0) is 9.59 Å². The molecule has 4 rings (SSSR count). The molecule has 32 heavy (non-hydrogen) atoms. The zero-order valence-electron chi connectivity index (χ0n) is 18.7. The fraction of sp³-hybridized carbons (Fsp3) is 0.320. The van der Waals surface area contributed by atoms with E-state index >= 15 is 0 Å². The lowest BCUT2D eigenvalue weighted by Gasteiger charge is -2.35. The van der Waals surface area contributed by atoms with E-state index in [0.29, 0.717) is 40.6 Å². The molecule has 0 radical (unpaired) electrons. The van der Waals surface area contributed by atoms with Crippen LogP contribution in [0.2, 0.25) is 0 Å². The lowest BCUT2D eigenvalue weighted by molar-refractivity contribution is -0.116. The highest BCUT2D eigenvalue weighted by Crippen LogP contribution is 2.46. The van der Waals surface area contributed by atoms with Crippen LogP contribution in [0.1, 0.15) is 43.2 Å². The molecule has 1 aromatic heterocycles. The largest absolute Gasteiger partial charge is 0.497 e. The van der Waals surface area contributed by atoms with Gasteiger partial charge < -0.3 is 20.1 Å². The van der Waals surface area contributed by atoms with Crippen molar-refractivity contribution in [1.82, 2.24) is 10.3 Å². The molecular formula is C25H27N3O4. The van der Waals surface area contributed by atoms with Gasteiger partial charge in [0.25, 0.3) is 5.91 Å². The van der Waals surface area contributed by atoms with Crippen LogP contribution < -0.4 is 20.1 Å². The van der Waals surface area contributed by atoms with Crippen molar-refractivity contribution in [1.29, 1.82) is 0 Å². The first kappa shape index (κ1) is 21.6. The summed E-state index contributed by atoms with van der Waals surface area (Å²) in [5.41, 5.74) is 4.38. The smallest absolute Gasteiger partial charge is 0.255 e. The van der Waals surface area contributed by atoms with Crippen molar-refractivity contribution in [2.24, 2.45) is 0 Å². The van der Waals surface area contributed by atoms with Crippen LogP contribution >= 0.6 is 0 Å². The van der Waals surface area contributed by atoms with Crippen molar-refractivity contribution in [2.45, 2.75) is 39.0 Å². The van der Waals surface area contributed by atoms with Gasteiger partial charge in [0, 0.05) is 40.7 Å². The van der Waals surface area contributed by atoms with Gasteiger partial charge in [-0.15, -0.1) is 0 Å². The van der Waals surface area contributed by atoms with E-state index in [1.54, 1.807) is 32.5 Å². The minimum Gasteiger partial charge on any atom is -0.497 e. The Morgan fingerprint density at radius 1 is 1.12 bits per heavy atom. The van der Waals surface area contributed by atoms with Gasteiger partial charge >= 0.3 is 0 Å². The fourth-order valence-corrected chi connectivity index (χ4v) is 4.45. The van der Waals surface area contributed by atoms with Gasteiger partial charge in [-0.25, -0.2) is 4.98 Å². The molecule has 0 fully saturated rings. The van der Waals surface area contributed by atoms with Gasteiger partial charge in [0.2, 0.25) is 0 Å². The number of ether oxygens (including phenoxy) is 2. The highest BCUT2D eigenvalue weighted by molar-refractivity contribution is 6.09. The Labute approximate surface area is 187 Å². The average Bonchev–Trinajstić information content (AvgIpc) is 2.77. The summed E-state index contributed by atoms with van der Waals surface area (Å²) in [7, 11) is 3.17. The van der Waals surface area contributed by atoms with Crippen LogP contribution in [0.3, 0.4) is 0 Å². The summed E-state index contributed by atoms with van der Waals surface area (Å²) in [6.07, 6.45) is 3.65. The van der Waals surface area contributed by atoms with E-state index in [2.05, 4.69) is 15.6 Å². The van der Waals surface area contributed by atoms with Gasteiger partial charge in [0.05, 0.1) is 20.1 Å². The third-order valence-electron chi connectivity index (χ3n) is 5.93. The molecule has 2 aliphatic rings. The number of nitrogens with zero attached hydrogens (tertiary/aromatic N) is 1. The van der Waals surface area contributed by atoms with E-state index in [1.165, 1.54) is 0 Å². The molecule has 7 heteroatoms. The summed E-state index contributed by atoms with van der Waals surface area (Å²) in [6, 6.07) is 9.11.